The van der Waals surface area contributed by atoms with Gasteiger partial charge in [0, 0.05) is 21.5 Å². The Hall–Kier alpha value is -7.29. The van der Waals surface area contributed by atoms with E-state index in [-0.39, 0.29) is 5.56 Å². The van der Waals surface area contributed by atoms with E-state index in [0.717, 1.165) is 67.5 Å². The zero-order chi connectivity index (χ0) is 40.9. The summed E-state index contributed by atoms with van der Waals surface area (Å²) in [4.78, 5) is 15.6. The molecule has 11 aromatic rings. The fourth-order valence-electron chi connectivity index (χ4n) is 10.1. The number of hydrogen-bond donors (Lipinski definition) is 0. The number of unbranched alkanes of at least 4 members (excludes halogenated alkanes) is 3. The fourth-order valence-corrected chi connectivity index (χ4v) is 10.1. The van der Waals surface area contributed by atoms with Crippen molar-refractivity contribution in [2.45, 2.75) is 39.0 Å². The topological polar surface area (TPSA) is 22.0 Å². The third-order valence-electron chi connectivity index (χ3n) is 12.8. The maximum Gasteiger partial charge on any atom is 0.263 e. The lowest BCUT2D eigenvalue weighted by Gasteiger charge is -2.21. The van der Waals surface area contributed by atoms with Gasteiger partial charge in [0.2, 0.25) is 0 Å². The minimum atomic E-state index is -0.0124. The summed E-state index contributed by atoms with van der Waals surface area (Å²) in [5, 5.41) is 12.0. The molecule has 0 aliphatic rings. The molecule has 0 amide bonds. The van der Waals surface area contributed by atoms with E-state index in [4.69, 9.17) is 0 Å². The van der Waals surface area contributed by atoms with Crippen LogP contribution in [0.3, 0.4) is 0 Å². The van der Waals surface area contributed by atoms with E-state index in [2.05, 4.69) is 201 Å². The van der Waals surface area contributed by atoms with Gasteiger partial charge in [-0.15, -0.1) is 0 Å². The second kappa shape index (κ2) is 15.4. The largest absolute Gasteiger partial charge is 0.275 e. The quantitative estimate of drug-likeness (QED) is 0.0812. The number of aromatic nitrogens is 1. The highest BCUT2D eigenvalue weighted by molar-refractivity contribution is 6.23. The van der Waals surface area contributed by atoms with Gasteiger partial charge in [0.25, 0.3) is 5.56 Å². The van der Waals surface area contributed by atoms with Crippen LogP contribution in [0.5, 0.6) is 0 Å². The normalized spacial score (nSPS) is 11.8. The highest BCUT2D eigenvalue weighted by atomic mass is 16.1. The molecule has 1 heterocycles. The second-order valence-electron chi connectivity index (χ2n) is 16.5. The van der Waals surface area contributed by atoms with E-state index in [0.29, 0.717) is 5.39 Å². The van der Waals surface area contributed by atoms with Crippen molar-refractivity contribution in [2.24, 2.45) is 0 Å². The summed E-state index contributed by atoms with van der Waals surface area (Å²) in [6.45, 7) is 2.26. The van der Waals surface area contributed by atoms with E-state index in [1.54, 1.807) is 0 Å². The van der Waals surface area contributed by atoms with Gasteiger partial charge in [0.15, 0.2) is 0 Å². The molecular weight excluding hydrogens is 739 g/mol. The first-order valence-corrected chi connectivity index (χ1v) is 21.8. The first kappa shape index (κ1) is 36.8. The zero-order valence-electron chi connectivity index (χ0n) is 34.4. The van der Waals surface area contributed by atoms with E-state index in [1.807, 2.05) is 4.57 Å². The van der Waals surface area contributed by atoms with Crippen molar-refractivity contribution >= 4 is 64.8 Å². The molecule has 0 N–H and O–H groups in total. The van der Waals surface area contributed by atoms with Gasteiger partial charge in [-0.25, -0.2) is 0 Å². The van der Waals surface area contributed by atoms with Crippen LogP contribution in [0.25, 0.3) is 104 Å². The first-order chi connectivity index (χ1) is 30.2. The van der Waals surface area contributed by atoms with Gasteiger partial charge < -0.3 is 0 Å². The van der Waals surface area contributed by atoms with Crippen molar-refractivity contribution in [1.29, 1.82) is 0 Å². The SMILES string of the molecule is CCCCCCc1ccc2c(c1)c1cc(-c3c4ccccc4c(-c4ccccc4)c4ccccc34)ccc1c(=O)n2-c1c2ccccc2c(-c2ccccc2)c2ccccc12. The molecule has 0 spiro atoms. The highest BCUT2D eigenvalue weighted by Gasteiger charge is 2.22. The average Bonchev–Trinajstić information content (AvgIpc) is 3.32. The molecule has 0 atom stereocenters. The Kier molecular flexibility index (Phi) is 9.27. The molecule has 0 saturated heterocycles. The summed E-state index contributed by atoms with van der Waals surface area (Å²) in [5.74, 6) is 0. The summed E-state index contributed by atoms with van der Waals surface area (Å²) in [6.07, 6.45) is 5.81. The second-order valence-corrected chi connectivity index (χ2v) is 16.5. The first-order valence-electron chi connectivity index (χ1n) is 21.8. The molecule has 0 saturated carbocycles. The van der Waals surface area contributed by atoms with Crippen LogP contribution < -0.4 is 5.56 Å². The van der Waals surface area contributed by atoms with Gasteiger partial charge in [-0.1, -0.05) is 196 Å². The fraction of sp³-hybridized carbons (Fsp3) is 0.102. The number of benzene rings is 10. The molecule has 0 aliphatic heterocycles. The smallest absolute Gasteiger partial charge is 0.263 e. The van der Waals surface area contributed by atoms with Gasteiger partial charge in [0.1, 0.15) is 0 Å². The van der Waals surface area contributed by atoms with Crippen LogP contribution in [0, 0.1) is 0 Å². The standard InChI is InChI=1S/C59H45NO/c1-2-3-4-7-20-39-33-36-54-53(37-39)52-38-42(57-45-27-14-12-25-43(45)55(40-21-8-5-9-22-40)44-26-13-15-28-46(44)57)34-35-51(52)59(61)60(54)58-49-31-18-16-29-47(49)56(41-23-10-6-11-24-41)48-30-17-19-32-50(48)58/h5-6,8-19,21-38H,2-4,7,20H2,1H3. The number of aryl methyl sites for hydroxylation is 1. The minimum absolute atomic E-state index is 0.0124. The van der Waals surface area contributed by atoms with Gasteiger partial charge in [0.05, 0.1) is 11.2 Å². The molecule has 2 heteroatoms. The number of rotatable bonds is 9. The number of hydrogen-bond acceptors (Lipinski definition) is 1. The lowest BCUT2D eigenvalue weighted by molar-refractivity contribution is 0.667. The van der Waals surface area contributed by atoms with Gasteiger partial charge in [-0.05, 0) is 114 Å². The molecule has 0 aliphatic carbocycles. The summed E-state index contributed by atoms with van der Waals surface area (Å²) in [5.41, 5.74) is 10.2. The molecule has 0 fully saturated rings. The van der Waals surface area contributed by atoms with Crippen molar-refractivity contribution in [3.63, 3.8) is 0 Å². The Balaban J connectivity index is 1.23. The average molecular weight is 784 g/mol. The Bertz CT molecular complexity index is 3410. The third-order valence-corrected chi connectivity index (χ3v) is 12.8. The molecule has 292 valence electrons. The van der Waals surface area contributed by atoms with Crippen molar-refractivity contribution in [2.75, 3.05) is 0 Å². The van der Waals surface area contributed by atoms with Crippen LogP contribution in [-0.4, -0.2) is 4.57 Å². The molecule has 0 unspecified atom stereocenters. The van der Waals surface area contributed by atoms with Gasteiger partial charge >= 0.3 is 0 Å². The summed E-state index contributed by atoms with van der Waals surface area (Å²) in [6, 6.07) is 69.6. The molecule has 0 bridgehead atoms. The number of pyridine rings is 1. The minimum Gasteiger partial charge on any atom is -0.275 e. The Morgan fingerprint density at radius 3 is 1.33 bits per heavy atom. The van der Waals surface area contributed by atoms with E-state index < -0.39 is 0 Å². The van der Waals surface area contributed by atoms with Crippen molar-refractivity contribution in [3.8, 4) is 39.1 Å². The van der Waals surface area contributed by atoms with Crippen molar-refractivity contribution in [3.05, 3.63) is 210 Å². The third kappa shape index (κ3) is 6.13. The van der Waals surface area contributed by atoms with Gasteiger partial charge in [-0.2, -0.15) is 0 Å². The van der Waals surface area contributed by atoms with Crippen molar-refractivity contribution < 1.29 is 0 Å². The van der Waals surface area contributed by atoms with Crippen molar-refractivity contribution in [1.82, 2.24) is 4.57 Å². The highest BCUT2D eigenvalue weighted by Crippen LogP contribution is 2.45. The zero-order valence-corrected chi connectivity index (χ0v) is 34.4. The van der Waals surface area contributed by atoms with Crippen LogP contribution in [0.4, 0.5) is 0 Å². The summed E-state index contributed by atoms with van der Waals surface area (Å²) >= 11 is 0. The lowest BCUT2D eigenvalue weighted by atomic mass is 9.85. The molecule has 1 aromatic heterocycles. The Morgan fingerprint density at radius 2 is 0.820 bits per heavy atom. The summed E-state index contributed by atoms with van der Waals surface area (Å²) in [7, 11) is 0. The van der Waals surface area contributed by atoms with Crippen LogP contribution in [0.1, 0.15) is 38.2 Å². The molecule has 61 heavy (non-hydrogen) atoms. The predicted molar refractivity (Wildman–Crippen MR) is 261 cm³/mol. The Morgan fingerprint density at radius 1 is 0.361 bits per heavy atom. The lowest BCUT2D eigenvalue weighted by Crippen LogP contribution is -2.20. The maximum absolute atomic E-state index is 15.6. The van der Waals surface area contributed by atoms with Gasteiger partial charge in [-0.3, -0.25) is 9.36 Å². The maximum atomic E-state index is 15.6. The Labute approximate surface area is 356 Å². The predicted octanol–water partition coefficient (Wildman–Crippen LogP) is 15.9. The molecule has 0 radical (unpaired) electrons. The molecule has 2 nitrogen and oxygen atoms in total. The summed E-state index contributed by atoms with van der Waals surface area (Å²) < 4.78 is 2.02. The van der Waals surface area contributed by atoms with E-state index in [9.17, 15) is 0 Å². The van der Waals surface area contributed by atoms with Crippen LogP contribution in [-0.2, 0) is 6.42 Å². The van der Waals surface area contributed by atoms with E-state index in [1.165, 1.54) is 68.6 Å². The monoisotopic (exact) mass is 783 g/mol. The number of nitrogens with zero attached hydrogens (tertiary/aromatic N) is 1. The van der Waals surface area contributed by atoms with E-state index >= 15 is 4.79 Å². The van der Waals surface area contributed by atoms with Crippen LogP contribution in [0.15, 0.2) is 199 Å². The molecule has 10 aromatic carbocycles. The number of fused-ring (bicyclic) bond motifs is 7. The molecular formula is C59H45NO. The molecule has 11 rings (SSSR count). The van der Waals surface area contributed by atoms with Crippen LogP contribution in [0.2, 0.25) is 0 Å². The van der Waals surface area contributed by atoms with Crippen LogP contribution >= 0.6 is 0 Å².